The lowest BCUT2D eigenvalue weighted by molar-refractivity contribution is -0.121. The van der Waals surface area contributed by atoms with E-state index in [-0.39, 0.29) is 34.7 Å². The molecule has 1 amide bonds. The summed E-state index contributed by atoms with van der Waals surface area (Å²) in [6.45, 7) is 1.79. The molecule has 1 aromatic heterocycles. The van der Waals surface area contributed by atoms with Crippen LogP contribution in [0.4, 0.5) is 11.4 Å². The zero-order valence-corrected chi connectivity index (χ0v) is 18.0. The molecule has 0 aliphatic carbocycles. The Hall–Kier alpha value is -3.11. The molecule has 0 saturated heterocycles. The highest BCUT2D eigenvalue weighted by Gasteiger charge is 2.35. The Morgan fingerprint density at radius 3 is 2.77 bits per heavy atom. The highest BCUT2D eigenvalue weighted by atomic mass is 35.5. The topological polar surface area (TPSA) is 106 Å². The molecule has 31 heavy (non-hydrogen) atoms. The zero-order chi connectivity index (χ0) is 21.8. The molecule has 0 N–H and O–H groups in total. The van der Waals surface area contributed by atoms with Crippen LogP contribution in [0.2, 0.25) is 5.02 Å². The highest BCUT2D eigenvalue weighted by molar-refractivity contribution is 7.93. The largest absolute Gasteiger partial charge is 0.482 e. The van der Waals surface area contributed by atoms with Crippen LogP contribution in [0.3, 0.4) is 0 Å². The van der Waals surface area contributed by atoms with E-state index in [4.69, 9.17) is 20.9 Å². The number of fused-ring (bicyclic) bond motifs is 2. The summed E-state index contributed by atoms with van der Waals surface area (Å²) >= 11 is 6.42. The van der Waals surface area contributed by atoms with Gasteiger partial charge in [-0.1, -0.05) is 35.0 Å². The molecule has 3 heterocycles. The fraction of sp³-hybridized carbons (Fsp3) is 0.250. The number of halogens is 1. The molecule has 0 atom stereocenters. The first kappa shape index (κ1) is 19.8. The first-order chi connectivity index (χ1) is 14.8. The number of carbonyl (C=O) groups excluding carboxylic acids is 1. The van der Waals surface area contributed by atoms with Crippen molar-refractivity contribution in [1.29, 1.82) is 0 Å². The van der Waals surface area contributed by atoms with Crippen LogP contribution in [0, 0.1) is 6.92 Å². The molecule has 5 rings (SSSR count). The molecule has 160 valence electrons. The molecule has 3 aromatic rings. The fourth-order valence-corrected chi connectivity index (χ4v) is 5.81. The van der Waals surface area contributed by atoms with Gasteiger partial charge in [-0.15, -0.1) is 0 Å². The molecule has 0 saturated carbocycles. The second kappa shape index (κ2) is 7.24. The van der Waals surface area contributed by atoms with Crippen molar-refractivity contribution in [3.8, 4) is 5.75 Å². The number of hydrogen-bond donors (Lipinski definition) is 0. The Morgan fingerprint density at radius 1 is 1.19 bits per heavy atom. The Kier molecular flexibility index (Phi) is 4.63. The number of aromatic nitrogens is 2. The highest BCUT2D eigenvalue weighted by Crippen LogP contribution is 2.41. The van der Waals surface area contributed by atoms with Gasteiger partial charge < -0.3 is 9.26 Å². The van der Waals surface area contributed by atoms with Crippen molar-refractivity contribution in [3.63, 3.8) is 0 Å². The van der Waals surface area contributed by atoms with Gasteiger partial charge in [0.2, 0.25) is 5.89 Å². The summed E-state index contributed by atoms with van der Waals surface area (Å²) in [5.41, 5.74) is 1.95. The van der Waals surface area contributed by atoms with Gasteiger partial charge in [-0.3, -0.25) is 14.0 Å². The van der Waals surface area contributed by atoms with Crippen LogP contribution in [-0.4, -0.2) is 37.6 Å². The van der Waals surface area contributed by atoms with Gasteiger partial charge >= 0.3 is 0 Å². The van der Waals surface area contributed by atoms with Crippen molar-refractivity contribution >= 4 is 38.9 Å². The van der Waals surface area contributed by atoms with Gasteiger partial charge in [0.25, 0.3) is 15.9 Å². The van der Waals surface area contributed by atoms with Gasteiger partial charge in [0, 0.05) is 19.5 Å². The summed E-state index contributed by atoms with van der Waals surface area (Å²) in [5, 5.41) is 3.81. The fourth-order valence-electron chi connectivity index (χ4n) is 3.80. The first-order valence-corrected chi connectivity index (χ1v) is 11.3. The summed E-state index contributed by atoms with van der Waals surface area (Å²) in [4.78, 5) is 17.9. The number of para-hydroxylation sites is 1. The van der Waals surface area contributed by atoms with Crippen molar-refractivity contribution in [2.75, 3.05) is 22.4 Å². The average molecular weight is 461 g/mol. The molecule has 11 heteroatoms. The number of carbonyl (C=O) groups is 1. The number of benzene rings is 2. The SMILES string of the molecule is Cc1nc(CN2C(=O)COc3cc(S(=O)(=O)N4CCc5ccccc54)c(Cl)cc32)no1. The van der Waals surface area contributed by atoms with E-state index < -0.39 is 10.0 Å². The zero-order valence-electron chi connectivity index (χ0n) is 16.4. The van der Waals surface area contributed by atoms with Gasteiger partial charge in [-0.2, -0.15) is 4.98 Å². The minimum Gasteiger partial charge on any atom is -0.482 e. The summed E-state index contributed by atoms with van der Waals surface area (Å²) in [6.07, 6.45) is 0.626. The maximum atomic E-state index is 13.4. The van der Waals surface area contributed by atoms with E-state index >= 15 is 0 Å². The van der Waals surface area contributed by atoms with Crippen molar-refractivity contribution in [1.82, 2.24) is 10.1 Å². The number of sulfonamides is 1. The van der Waals surface area contributed by atoms with E-state index in [0.717, 1.165) is 5.56 Å². The molecule has 0 radical (unpaired) electrons. The maximum Gasteiger partial charge on any atom is 0.265 e. The van der Waals surface area contributed by atoms with Crippen LogP contribution >= 0.6 is 11.6 Å². The Bertz CT molecular complexity index is 1310. The Morgan fingerprint density at radius 2 is 2.00 bits per heavy atom. The van der Waals surface area contributed by atoms with Crippen LogP contribution in [0.1, 0.15) is 17.3 Å². The monoisotopic (exact) mass is 460 g/mol. The molecule has 9 nitrogen and oxygen atoms in total. The lowest BCUT2D eigenvalue weighted by Crippen LogP contribution is -2.38. The summed E-state index contributed by atoms with van der Waals surface area (Å²) in [6, 6.07) is 10.2. The van der Waals surface area contributed by atoms with Crippen LogP contribution in [-0.2, 0) is 27.8 Å². The third-order valence-electron chi connectivity index (χ3n) is 5.24. The summed E-state index contributed by atoms with van der Waals surface area (Å²) < 4.78 is 38.7. The van der Waals surface area contributed by atoms with Gasteiger partial charge in [0.1, 0.15) is 10.6 Å². The van der Waals surface area contributed by atoms with Gasteiger partial charge in [0.05, 0.1) is 22.9 Å². The normalized spacial score (nSPS) is 15.6. The van der Waals surface area contributed by atoms with E-state index in [1.165, 1.54) is 21.3 Å². The number of rotatable bonds is 4. The minimum atomic E-state index is -3.92. The van der Waals surface area contributed by atoms with Crippen molar-refractivity contribution in [3.05, 3.63) is 58.7 Å². The van der Waals surface area contributed by atoms with Crippen molar-refractivity contribution in [2.24, 2.45) is 0 Å². The molecule has 2 aliphatic heterocycles. The summed E-state index contributed by atoms with van der Waals surface area (Å²) in [7, 11) is -3.92. The van der Waals surface area contributed by atoms with Gasteiger partial charge in [0.15, 0.2) is 12.4 Å². The predicted molar refractivity (Wildman–Crippen MR) is 112 cm³/mol. The summed E-state index contributed by atoms with van der Waals surface area (Å²) in [5.74, 6) is 0.617. The smallest absolute Gasteiger partial charge is 0.265 e. The lowest BCUT2D eigenvalue weighted by Gasteiger charge is -2.29. The van der Waals surface area contributed by atoms with E-state index in [2.05, 4.69) is 10.1 Å². The predicted octanol–water partition coefficient (Wildman–Crippen LogP) is 2.71. The average Bonchev–Trinajstić information content (AvgIpc) is 3.36. The number of anilines is 2. The first-order valence-electron chi connectivity index (χ1n) is 9.51. The number of ether oxygens (including phenoxy) is 1. The molecular weight excluding hydrogens is 444 g/mol. The quantitative estimate of drug-likeness (QED) is 0.589. The maximum absolute atomic E-state index is 13.4. The Labute approximate surface area is 183 Å². The number of amides is 1. The third-order valence-corrected chi connectivity index (χ3v) is 7.52. The van der Waals surface area contributed by atoms with Crippen molar-refractivity contribution < 1.29 is 22.5 Å². The van der Waals surface area contributed by atoms with Gasteiger partial charge in [-0.25, -0.2) is 8.42 Å². The van der Waals surface area contributed by atoms with E-state index in [1.807, 2.05) is 12.1 Å². The lowest BCUT2D eigenvalue weighted by atomic mass is 10.2. The number of nitrogens with zero attached hydrogens (tertiary/aromatic N) is 4. The molecule has 0 bridgehead atoms. The molecular formula is C20H17ClN4O5S. The van der Waals surface area contributed by atoms with E-state index in [9.17, 15) is 13.2 Å². The molecule has 0 spiro atoms. The minimum absolute atomic E-state index is 0.00396. The molecule has 0 unspecified atom stereocenters. The van der Waals surface area contributed by atoms with Gasteiger partial charge in [-0.05, 0) is 24.1 Å². The van der Waals surface area contributed by atoms with Crippen LogP contribution < -0.4 is 13.9 Å². The number of aryl methyl sites for hydroxylation is 1. The standard InChI is InChI=1S/C20H17ClN4O5S/c1-12-22-19(23-30-12)10-24-16-8-14(21)18(9-17(16)29-11-20(24)26)31(27,28)25-7-6-13-4-2-3-5-15(13)25/h2-5,8-9H,6-7,10-11H2,1H3. The van der Waals surface area contributed by atoms with E-state index in [0.29, 0.717) is 36.1 Å². The molecule has 2 aromatic carbocycles. The molecule has 0 fully saturated rings. The Balaban J connectivity index is 1.54. The molecule has 2 aliphatic rings. The second-order valence-electron chi connectivity index (χ2n) is 7.20. The second-order valence-corrected chi connectivity index (χ2v) is 9.44. The van der Waals surface area contributed by atoms with E-state index in [1.54, 1.807) is 19.1 Å². The van der Waals surface area contributed by atoms with Crippen LogP contribution in [0.5, 0.6) is 5.75 Å². The number of hydrogen-bond acceptors (Lipinski definition) is 7. The van der Waals surface area contributed by atoms with Crippen molar-refractivity contribution in [2.45, 2.75) is 24.8 Å². The van der Waals surface area contributed by atoms with Crippen LogP contribution in [0.15, 0.2) is 45.8 Å². The third kappa shape index (κ3) is 3.31. The van der Waals surface area contributed by atoms with Crippen LogP contribution in [0.25, 0.3) is 0 Å².